The first-order valence-electron chi connectivity index (χ1n) is 10.0. The van der Waals surface area contributed by atoms with Crippen LogP contribution in [0.25, 0.3) is 11.3 Å². The molecule has 2 aromatic carbocycles. The van der Waals surface area contributed by atoms with Crippen LogP contribution in [0.5, 0.6) is 0 Å². The van der Waals surface area contributed by atoms with Gasteiger partial charge in [-0.3, -0.25) is 4.79 Å². The molecule has 0 bridgehead atoms. The highest BCUT2D eigenvalue weighted by Gasteiger charge is 2.16. The predicted octanol–water partition coefficient (Wildman–Crippen LogP) is 4.64. The van der Waals surface area contributed by atoms with Gasteiger partial charge in [-0.1, -0.05) is 29.8 Å². The summed E-state index contributed by atoms with van der Waals surface area (Å²) in [6.45, 7) is 0.0260. The zero-order valence-corrected chi connectivity index (χ0v) is 18.9. The summed E-state index contributed by atoms with van der Waals surface area (Å²) >= 11 is 6.17. The Morgan fingerprint density at radius 1 is 1.06 bits per heavy atom. The lowest BCUT2D eigenvalue weighted by atomic mass is 10.2. The quantitative estimate of drug-likeness (QED) is 0.357. The van der Waals surface area contributed by atoms with E-state index in [0.29, 0.717) is 28.1 Å². The number of nitrogens with one attached hydrogen (secondary N) is 2. The van der Waals surface area contributed by atoms with E-state index in [-0.39, 0.29) is 30.2 Å². The first kappa shape index (κ1) is 22.8. The van der Waals surface area contributed by atoms with Crippen molar-refractivity contribution in [1.29, 1.82) is 0 Å². The van der Waals surface area contributed by atoms with Crippen molar-refractivity contribution in [1.82, 2.24) is 9.71 Å². The monoisotopic (exact) mass is 485 g/mol. The number of carbonyl (C=O) groups is 1. The Balaban J connectivity index is 1.34. The maximum atomic E-state index is 12.5. The molecule has 2 aromatic heterocycles. The number of halogens is 1. The van der Waals surface area contributed by atoms with Crippen LogP contribution in [-0.2, 0) is 27.8 Å². The standard InChI is InChI=1S/C23H20ClN3O5S/c24-20-9-2-1-8-19(20)21-15-25-23(32-21)11-10-22(28)27-16-5-3-7-18(13-16)33(29,30)26-14-17-6-4-12-31-17/h1-9,12-13,15,26H,10-11,14H2,(H,27,28). The number of benzene rings is 2. The fraction of sp³-hybridized carbons (Fsp3) is 0.130. The average Bonchev–Trinajstić information content (AvgIpc) is 3.49. The van der Waals surface area contributed by atoms with Crippen molar-refractivity contribution < 1.29 is 22.0 Å². The van der Waals surface area contributed by atoms with E-state index in [4.69, 9.17) is 20.4 Å². The molecule has 0 aliphatic carbocycles. The molecule has 0 unspecified atom stereocenters. The van der Waals surface area contributed by atoms with Crippen LogP contribution in [0.1, 0.15) is 18.1 Å². The van der Waals surface area contributed by atoms with Gasteiger partial charge in [-0.25, -0.2) is 18.1 Å². The molecule has 0 saturated heterocycles. The number of furan rings is 1. The van der Waals surface area contributed by atoms with Crippen LogP contribution in [0.15, 0.2) is 86.9 Å². The number of aromatic nitrogens is 1. The van der Waals surface area contributed by atoms with Crippen LogP contribution in [-0.4, -0.2) is 19.3 Å². The van der Waals surface area contributed by atoms with Gasteiger partial charge < -0.3 is 14.2 Å². The van der Waals surface area contributed by atoms with E-state index >= 15 is 0 Å². The highest BCUT2D eigenvalue weighted by molar-refractivity contribution is 7.89. The molecule has 0 radical (unpaired) electrons. The van der Waals surface area contributed by atoms with Crippen molar-refractivity contribution in [2.24, 2.45) is 0 Å². The summed E-state index contributed by atoms with van der Waals surface area (Å²) in [6.07, 6.45) is 3.42. The smallest absolute Gasteiger partial charge is 0.241 e. The van der Waals surface area contributed by atoms with E-state index in [1.165, 1.54) is 18.4 Å². The second-order valence-corrected chi connectivity index (χ2v) is 9.25. The number of carbonyl (C=O) groups excluding carboxylic acids is 1. The van der Waals surface area contributed by atoms with Gasteiger partial charge in [0.25, 0.3) is 0 Å². The average molecular weight is 486 g/mol. The fourth-order valence-electron chi connectivity index (χ4n) is 3.06. The number of nitrogens with zero attached hydrogens (tertiary/aromatic N) is 1. The number of aryl methyl sites for hydroxylation is 1. The molecule has 170 valence electrons. The van der Waals surface area contributed by atoms with E-state index in [1.807, 2.05) is 18.2 Å². The molecule has 0 saturated carbocycles. The van der Waals surface area contributed by atoms with Crippen molar-refractivity contribution in [3.8, 4) is 11.3 Å². The Hall–Kier alpha value is -3.40. The number of anilines is 1. The zero-order chi connectivity index (χ0) is 23.3. The van der Waals surface area contributed by atoms with Crippen molar-refractivity contribution in [3.05, 3.63) is 89.8 Å². The van der Waals surface area contributed by atoms with Gasteiger partial charge in [-0.15, -0.1) is 0 Å². The summed E-state index contributed by atoms with van der Waals surface area (Å²) in [4.78, 5) is 16.6. The summed E-state index contributed by atoms with van der Waals surface area (Å²) in [5.74, 6) is 1.12. The zero-order valence-electron chi connectivity index (χ0n) is 17.3. The maximum Gasteiger partial charge on any atom is 0.241 e. The third-order valence-electron chi connectivity index (χ3n) is 4.70. The molecule has 0 spiro atoms. The van der Waals surface area contributed by atoms with Crippen LogP contribution in [0.3, 0.4) is 0 Å². The molecule has 0 aliphatic rings. The van der Waals surface area contributed by atoms with Crippen molar-refractivity contribution >= 4 is 33.2 Å². The van der Waals surface area contributed by atoms with Crippen molar-refractivity contribution in [2.75, 3.05) is 5.32 Å². The van der Waals surface area contributed by atoms with Gasteiger partial charge >= 0.3 is 0 Å². The molecule has 1 amide bonds. The largest absolute Gasteiger partial charge is 0.468 e. The highest BCUT2D eigenvalue weighted by atomic mass is 35.5. The Morgan fingerprint density at radius 2 is 1.91 bits per heavy atom. The van der Waals surface area contributed by atoms with Crippen LogP contribution < -0.4 is 10.0 Å². The van der Waals surface area contributed by atoms with Gasteiger partial charge in [-0.2, -0.15) is 0 Å². The molecule has 0 atom stereocenters. The first-order valence-corrected chi connectivity index (χ1v) is 11.9. The Bertz CT molecular complexity index is 1350. The minimum Gasteiger partial charge on any atom is -0.468 e. The van der Waals surface area contributed by atoms with E-state index in [1.54, 1.807) is 36.5 Å². The number of hydrogen-bond acceptors (Lipinski definition) is 6. The summed E-state index contributed by atoms with van der Waals surface area (Å²) in [6, 6.07) is 16.6. The molecule has 2 heterocycles. The Kier molecular flexibility index (Phi) is 6.93. The van der Waals surface area contributed by atoms with E-state index in [0.717, 1.165) is 5.56 Å². The second-order valence-electron chi connectivity index (χ2n) is 7.08. The van der Waals surface area contributed by atoms with Crippen LogP contribution >= 0.6 is 11.6 Å². The molecule has 2 N–H and O–H groups in total. The second kappa shape index (κ2) is 10.0. The number of sulfonamides is 1. The molecule has 10 heteroatoms. The number of amides is 1. The van der Waals surface area contributed by atoms with Crippen molar-refractivity contribution in [2.45, 2.75) is 24.3 Å². The van der Waals surface area contributed by atoms with Gasteiger partial charge in [0.05, 0.1) is 28.9 Å². The Morgan fingerprint density at radius 3 is 2.70 bits per heavy atom. The first-order chi connectivity index (χ1) is 15.9. The number of oxazole rings is 1. The van der Waals surface area contributed by atoms with Gasteiger partial charge in [0, 0.05) is 24.1 Å². The van der Waals surface area contributed by atoms with Crippen LogP contribution in [0.2, 0.25) is 5.02 Å². The highest BCUT2D eigenvalue weighted by Crippen LogP contribution is 2.28. The fourth-order valence-corrected chi connectivity index (χ4v) is 4.33. The minimum absolute atomic E-state index is 0.0260. The number of rotatable bonds is 9. The summed E-state index contributed by atoms with van der Waals surface area (Å²) in [5, 5.41) is 3.25. The Labute approximate surface area is 195 Å². The molecule has 0 aliphatic heterocycles. The molecule has 4 rings (SSSR count). The number of hydrogen-bond donors (Lipinski definition) is 2. The summed E-state index contributed by atoms with van der Waals surface area (Å²) in [5.41, 5.74) is 1.09. The lowest BCUT2D eigenvalue weighted by molar-refractivity contribution is -0.116. The minimum atomic E-state index is -3.77. The molecular weight excluding hydrogens is 466 g/mol. The third kappa shape index (κ3) is 5.89. The van der Waals surface area contributed by atoms with E-state index in [9.17, 15) is 13.2 Å². The molecule has 4 aromatic rings. The van der Waals surface area contributed by atoms with Gasteiger partial charge in [0.15, 0.2) is 11.7 Å². The lowest BCUT2D eigenvalue weighted by Crippen LogP contribution is -2.23. The van der Waals surface area contributed by atoms with Crippen molar-refractivity contribution in [3.63, 3.8) is 0 Å². The van der Waals surface area contributed by atoms with E-state index < -0.39 is 10.0 Å². The van der Waals surface area contributed by atoms with Crippen LogP contribution in [0.4, 0.5) is 5.69 Å². The summed E-state index contributed by atoms with van der Waals surface area (Å²) < 4.78 is 38.3. The molecule has 33 heavy (non-hydrogen) atoms. The van der Waals surface area contributed by atoms with Gasteiger partial charge in [0.1, 0.15) is 5.76 Å². The van der Waals surface area contributed by atoms with Gasteiger partial charge in [-0.05, 0) is 42.5 Å². The predicted molar refractivity (Wildman–Crippen MR) is 123 cm³/mol. The van der Waals surface area contributed by atoms with Crippen LogP contribution in [0, 0.1) is 0 Å². The third-order valence-corrected chi connectivity index (χ3v) is 6.43. The molecule has 0 fully saturated rings. The maximum absolute atomic E-state index is 12.5. The normalized spacial score (nSPS) is 11.4. The lowest BCUT2D eigenvalue weighted by Gasteiger charge is -2.09. The molecular formula is C23H20ClN3O5S. The van der Waals surface area contributed by atoms with E-state index in [2.05, 4.69) is 15.0 Å². The molecule has 8 nitrogen and oxygen atoms in total. The van der Waals surface area contributed by atoms with Gasteiger partial charge in [0.2, 0.25) is 15.9 Å². The topological polar surface area (TPSA) is 114 Å². The SMILES string of the molecule is O=C(CCc1ncc(-c2ccccc2Cl)o1)Nc1cccc(S(=O)(=O)NCc2ccco2)c1. The summed E-state index contributed by atoms with van der Waals surface area (Å²) in [7, 11) is -3.77.